The van der Waals surface area contributed by atoms with Gasteiger partial charge in [0, 0.05) is 13.0 Å². The molecule has 0 unspecified atom stereocenters. The summed E-state index contributed by atoms with van der Waals surface area (Å²) in [5.74, 6) is 0.692. The fraction of sp³-hybridized carbons (Fsp3) is 0.769. The van der Waals surface area contributed by atoms with E-state index in [1.165, 1.54) is 0 Å². The largest absolute Gasteiger partial charge is 0.492 e. The van der Waals surface area contributed by atoms with Crippen LogP contribution in [0.3, 0.4) is 0 Å². The summed E-state index contributed by atoms with van der Waals surface area (Å²) in [6.45, 7) is 5.74. The number of ether oxygens (including phenoxy) is 2. The van der Waals surface area contributed by atoms with Crippen LogP contribution < -0.4 is 11.1 Å². The highest BCUT2D eigenvalue weighted by atomic mass is 16.5. The van der Waals surface area contributed by atoms with Gasteiger partial charge in [-0.05, 0) is 19.4 Å². The van der Waals surface area contributed by atoms with Gasteiger partial charge < -0.3 is 25.6 Å². The van der Waals surface area contributed by atoms with E-state index in [1.807, 2.05) is 26.8 Å². The molecule has 0 saturated heterocycles. The second-order valence-corrected chi connectivity index (χ2v) is 4.98. The number of hydrogen-bond acceptors (Lipinski definition) is 4. The molecule has 6 heteroatoms. The smallest absolute Gasteiger partial charge is 0.186 e. The molecule has 0 fully saturated rings. The van der Waals surface area contributed by atoms with E-state index in [9.17, 15) is 5.11 Å². The SMILES string of the molecule is CC[C@@H](O)[C@@H](OC)[C@@H]1OC(C)=C[C@H](NC(=N)N)[C@H]1C. The molecule has 0 radical (unpaired) electrons. The molecule has 110 valence electrons. The van der Waals surface area contributed by atoms with Gasteiger partial charge in [0.1, 0.15) is 12.2 Å². The van der Waals surface area contributed by atoms with Gasteiger partial charge in [-0.3, -0.25) is 5.41 Å². The van der Waals surface area contributed by atoms with Gasteiger partial charge in [-0.25, -0.2) is 0 Å². The van der Waals surface area contributed by atoms with Crippen molar-refractivity contribution >= 4 is 5.96 Å². The lowest BCUT2D eigenvalue weighted by Crippen LogP contribution is -2.53. The molecule has 1 aliphatic heterocycles. The normalized spacial score (nSPS) is 29.9. The zero-order valence-electron chi connectivity index (χ0n) is 12.0. The number of aliphatic hydroxyl groups excluding tert-OH is 1. The number of nitrogens with one attached hydrogen (secondary N) is 2. The maximum absolute atomic E-state index is 10.0. The van der Waals surface area contributed by atoms with E-state index in [0.717, 1.165) is 5.76 Å². The van der Waals surface area contributed by atoms with E-state index in [0.29, 0.717) is 6.42 Å². The maximum atomic E-state index is 10.0. The predicted octanol–water partition coefficient (Wildman–Crippen LogP) is 0.563. The first-order valence-electron chi connectivity index (χ1n) is 6.57. The number of aliphatic hydroxyl groups is 1. The molecule has 19 heavy (non-hydrogen) atoms. The summed E-state index contributed by atoms with van der Waals surface area (Å²) >= 11 is 0. The number of guanidine groups is 1. The minimum absolute atomic E-state index is 0.0266. The van der Waals surface area contributed by atoms with E-state index in [-0.39, 0.29) is 24.0 Å². The van der Waals surface area contributed by atoms with Gasteiger partial charge >= 0.3 is 0 Å². The van der Waals surface area contributed by atoms with Gasteiger partial charge in [0.2, 0.25) is 0 Å². The van der Waals surface area contributed by atoms with Gasteiger partial charge in [0.25, 0.3) is 0 Å². The van der Waals surface area contributed by atoms with Crippen LogP contribution in [-0.4, -0.2) is 42.5 Å². The van der Waals surface area contributed by atoms with Crippen LogP contribution in [-0.2, 0) is 9.47 Å². The summed E-state index contributed by atoms with van der Waals surface area (Å²) in [6, 6.07) is -0.0991. The zero-order chi connectivity index (χ0) is 14.6. The molecule has 0 spiro atoms. The number of allylic oxidation sites excluding steroid dienone is 1. The fourth-order valence-corrected chi connectivity index (χ4v) is 2.43. The second-order valence-electron chi connectivity index (χ2n) is 4.98. The molecule has 1 rings (SSSR count). The first-order chi connectivity index (χ1) is 8.90. The van der Waals surface area contributed by atoms with Crippen molar-refractivity contribution < 1.29 is 14.6 Å². The summed E-state index contributed by atoms with van der Waals surface area (Å²) in [7, 11) is 1.57. The van der Waals surface area contributed by atoms with E-state index in [2.05, 4.69) is 5.32 Å². The Morgan fingerprint density at radius 2 is 2.32 bits per heavy atom. The summed E-state index contributed by atoms with van der Waals surface area (Å²) in [5, 5.41) is 20.3. The van der Waals surface area contributed by atoms with Crippen molar-refractivity contribution in [2.45, 2.75) is 51.5 Å². The first kappa shape index (κ1) is 15.8. The third-order valence-electron chi connectivity index (χ3n) is 3.54. The molecule has 0 aliphatic carbocycles. The third-order valence-corrected chi connectivity index (χ3v) is 3.54. The molecule has 0 saturated carbocycles. The Bertz CT molecular complexity index is 346. The highest BCUT2D eigenvalue weighted by Gasteiger charge is 2.39. The van der Waals surface area contributed by atoms with Crippen LogP contribution in [0.4, 0.5) is 0 Å². The number of methoxy groups -OCH3 is 1. The number of rotatable bonds is 5. The van der Waals surface area contributed by atoms with Crippen LogP contribution in [0.25, 0.3) is 0 Å². The Morgan fingerprint density at radius 1 is 1.68 bits per heavy atom. The third kappa shape index (κ3) is 3.84. The molecule has 0 aromatic rings. The van der Waals surface area contributed by atoms with E-state index in [1.54, 1.807) is 7.11 Å². The van der Waals surface area contributed by atoms with Crippen molar-refractivity contribution in [2.24, 2.45) is 11.7 Å². The van der Waals surface area contributed by atoms with E-state index >= 15 is 0 Å². The van der Waals surface area contributed by atoms with Gasteiger partial charge in [-0.1, -0.05) is 13.8 Å². The maximum Gasteiger partial charge on any atom is 0.186 e. The number of nitrogens with two attached hydrogens (primary N) is 1. The summed E-state index contributed by atoms with van der Waals surface area (Å²) in [6.07, 6.45) is 1.23. The average Bonchev–Trinajstić information content (AvgIpc) is 2.34. The fourth-order valence-electron chi connectivity index (χ4n) is 2.43. The van der Waals surface area contributed by atoms with Crippen molar-refractivity contribution in [3.63, 3.8) is 0 Å². The Kier molecular flexibility index (Phi) is 5.62. The van der Waals surface area contributed by atoms with Crippen LogP contribution in [0.15, 0.2) is 11.8 Å². The standard InChI is InChI=1S/C13H25N3O3/c1-5-10(17)12(18-4)11-8(3)9(16-13(14)15)6-7(2)19-11/h6,8-12,17H,5H2,1-4H3,(H4,14,15,16)/t8-,9+,10-,11-,12-/m1/s1. The molecule has 5 atom stereocenters. The van der Waals surface area contributed by atoms with Crippen LogP contribution in [0.2, 0.25) is 0 Å². The molecule has 0 aromatic carbocycles. The summed E-state index contributed by atoms with van der Waals surface area (Å²) < 4.78 is 11.2. The lowest BCUT2D eigenvalue weighted by molar-refractivity contribution is -0.116. The minimum atomic E-state index is -0.582. The van der Waals surface area contributed by atoms with Crippen molar-refractivity contribution in [1.82, 2.24) is 5.32 Å². The van der Waals surface area contributed by atoms with Crippen LogP contribution in [0, 0.1) is 11.3 Å². The van der Waals surface area contributed by atoms with E-state index < -0.39 is 12.2 Å². The van der Waals surface area contributed by atoms with Crippen molar-refractivity contribution in [1.29, 1.82) is 5.41 Å². The van der Waals surface area contributed by atoms with Gasteiger partial charge in [-0.2, -0.15) is 0 Å². The lowest BCUT2D eigenvalue weighted by atomic mass is 9.87. The molecule has 0 amide bonds. The highest BCUT2D eigenvalue weighted by molar-refractivity contribution is 5.74. The Morgan fingerprint density at radius 3 is 2.79 bits per heavy atom. The van der Waals surface area contributed by atoms with Gasteiger partial charge in [0.15, 0.2) is 5.96 Å². The van der Waals surface area contributed by atoms with Crippen molar-refractivity contribution in [3.05, 3.63) is 11.8 Å². The lowest BCUT2D eigenvalue weighted by Gasteiger charge is -2.40. The van der Waals surface area contributed by atoms with Gasteiger partial charge in [0.05, 0.1) is 17.9 Å². The summed E-state index contributed by atoms with van der Waals surface area (Å²) in [4.78, 5) is 0. The van der Waals surface area contributed by atoms with E-state index in [4.69, 9.17) is 20.6 Å². The molecular formula is C13H25N3O3. The monoisotopic (exact) mass is 271 g/mol. The molecule has 1 aliphatic rings. The molecule has 0 bridgehead atoms. The number of hydrogen-bond donors (Lipinski definition) is 4. The Balaban J connectivity index is 2.90. The second kappa shape index (κ2) is 6.77. The molecule has 1 heterocycles. The predicted molar refractivity (Wildman–Crippen MR) is 73.7 cm³/mol. The molecule has 5 N–H and O–H groups in total. The molecular weight excluding hydrogens is 246 g/mol. The van der Waals surface area contributed by atoms with Crippen LogP contribution in [0.5, 0.6) is 0 Å². The highest BCUT2D eigenvalue weighted by Crippen LogP contribution is 2.28. The quantitative estimate of drug-likeness (QED) is 0.432. The Labute approximate surface area is 114 Å². The first-order valence-corrected chi connectivity index (χ1v) is 6.57. The van der Waals surface area contributed by atoms with Crippen LogP contribution in [0.1, 0.15) is 27.2 Å². The molecule has 6 nitrogen and oxygen atoms in total. The zero-order valence-corrected chi connectivity index (χ0v) is 12.0. The van der Waals surface area contributed by atoms with Crippen molar-refractivity contribution in [2.75, 3.05) is 7.11 Å². The minimum Gasteiger partial charge on any atom is -0.492 e. The Hall–Kier alpha value is -1.27. The van der Waals surface area contributed by atoms with Gasteiger partial charge in [-0.15, -0.1) is 0 Å². The average molecular weight is 271 g/mol. The molecule has 0 aromatic heterocycles. The summed E-state index contributed by atoms with van der Waals surface area (Å²) in [5.41, 5.74) is 5.39. The topological polar surface area (TPSA) is 101 Å². The van der Waals surface area contributed by atoms with Crippen LogP contribution >= 0.6 is 0 Å². The van der Waals surface area contributed by atoms with Crippen molar-refractivity contribution in [3.8, 4) is 0 Å².